The Bertz CT molecular complexity index is 388. The molecule has 5 heteroatoms. The summed E-state index contributed by atoms with van der Waals surface area (Å²) in [6, 6.07) is 9.34. The number of hydrogen-bond donors (Lipinski definition) is 1. The van der Waals surface area contributed by atoms with E-state index in [0.717, 1.165) is 11.8 Å². The van der Waals surface area contributed by atoms with Crippen LogP contribution in [0.1, 0.15) is 5.56 Å². The monoisotopic (exact) mass is 229 g/mol. The Hall–Kier alpha value is -0.910. The predicted octanol–water partition coefficient (Wildman–Crippen LogP) is 0.533. The van der Waals surface area contributed by atoms with Gasteiger partial charge in [0.25, 0.3) is 10.1 Å². The molecule has 0 bridgehead atoms. The molecule has 1 rings (SSSR count). The second kappa shape index (κ2) is 5.25. The van der Waals surface area contributed by atoms with Crippen molar-refractivity contribution in [1.29, 1.82) is 0 Å². The van der Waals surface area contributed by atoms with Crippen molar-refractivity contribution in [1.82, 2.24) is 0 Å². The Morgan fingerprint density at radius 2 is 1.93 bits per heavy atom. The molecule has 0 aliphatic rings. The first-order valence-corrected chi connectivity index (χ1v) is 6.43. The van der Waals surface area contributed by atoms with Gasteiger partial charge >= 0.3 is 0 Å². The fraction of sp³-hybridized carbons (Fsp3) is 0.400. The summed E-state index contributed by atoms with van der Waals surface area (Å²) in [5.41, 5.74) is 6.79. The van der Waals surface area contributed by atoms with E-state index in [0.29, 0.717) is 6.42 Å². The zero-order chi connectivity index (χ0) is 11.3. The zero-order valence-corrected chi connectivity index (χ0v) is 9.41. The molecule has 15 heavy (non-hydrogen) atoms. The average Bonchev–Trinajstić information content (AvgIpc) is 2.15. The molecular weight excluding hydrogens is 214 g/mol. The van der Waals surface area contributed by atoms with Crippen LogP contribution in [0.4, 0.5) is 0 Å². The Labute approximate surface area is 90.2 Å². The van der Waals surface area contributed by atoms with Crippen LogP contribution in [0.2, 0.25) is 0 Å². The van der Waals surface area contributed by atoms with Crippen LogP contribution in [0.25, 0.3) is 0 Å². The molecule has 0 aromatic heterocycles. The van der Waals surface area contributed by atoms with Crippen LogP contribution in [0.3, 0.4) is 0 Å². The normalized spacial score (nSPS) is 13.7. The molecule has 0 spiro atoms. The van der Waals surface area contributed by atoms with Gasteiger partial charge in [-0.25, -0.2) is 0 Å². The smallest absolute Gasteiger partial charge is 0.264 e. The van der Waals surface area contributed by atoms with E-state index in [2.05, 4.69) is 4.18 Å². The van der Waals surface area contributed by atoms with E-state index >= 15 is 0 Å². The van der Waals surface area contributed by atoms with E-state index in [-0.39, 0.29) is 12.6 Å². The zero-order valence-electron chi connectivity index (χ0n) is 8.59. The third kappa shape index (κ3) is 5.51. The number of hydrogen-bond acceptors (Lipinski definition) is 4. The molecule has 0 unspecified atom stereocenters. The van der Waals surface area contributed by atoms with Crippen LogP contribution in [-0.4, -0.2) is 27.3 Å². The van der Waals surface area contributed by atoms with Crippen molar-refractivity contribution < 1.29 is 12.6 Å². The highest BCUT2D eigenvalue weighted by molar-refractivity contribution is 7.85. The molecule has 0 aliphatic heterocycles. The van der Waals surface area contributed by atoms with Gasteiger partial charge in [0.05, 0.1) is 12.9 Å². The highest BCUT2D eigenvalue weighted by Crippen LogP contribution is 2.02. The second-order valence-electron chi connectivity index (χ2n) is 3.44. The van der Waals surface area contributed by atoms with Crippen LogP contribution in [-0.2, 0) is 20.7 Å². The first-order valence-electron chi connectivity index (χ1n) is 4.61. The van der Waals surface area contributed by atoms with Gasteiger partial charge in [-0.1, -0.05) is 30.3 Å². The van der Waals surface area contributed by atoms with E-state index in [1.165, 1.54) is 0 Å². The van der Waals surface area contributed by atoms with Gasteiger partial charge < -0.3 is 5.73 Å². The molecular formula is C10H15NO3S. The maximum absolute atomic E-state index is 10.7. The predicted molar refractivity (Wildman–Crippen MR) is 58.9 cm³/mol. The molecule has 1 atom stereocenters. The van der Waals surface area contributed by atoms with Crippen molar-refractivity contribution in [3.05, 3.63) is 35.9 Å². The summed E-state index contributed by atoms with van der Waals surface area (Å²) in [6.45, 7) is 0.0216. The van der Waals surface area contributed by atoms with Gasteiger partial charge in [0.2, 0.25) is 0 Å². The first kappa shape index (κ1) is 12.2. The Kier molecular flexibility index (Phi) is 4.26. The fourth-order valence-electron chi connectivity index (χ4n) is 1.19. The van der Waals surface area contributed by atoms with Gasteiger partial charge in [-0.15, -0.1) is 0 Å². The molecule has 2 N–H and O–H groups in total. The number of rotatable bonds is 5. The van der Waals surface area contributed by atoms with Crippen LogP contribution >= 0.6 is 0 Å². The fourth-order valence-corrected chi connectivity index (χ4v) is 1.61. The highest BCUT2D eigenvalue weighted by Gasteiger charge is 2.08. The topological polar surface area (TPSA) is 69.4 Å². The van der Waals surface area contributed by atoms with E-state index in [1.54, 1.807) is 0 Å². The molecule has 84 valence electrons. The summed E-state index contributed by atoms with van der Waals surface area (Å²) in [5.74, 6) is 0. The lowest BCUT2D eigenvalue weighted by Gasteiger charge is -2.10. The number of benzene rings is 1. The van der Waals surface area contributed by atoms with Crippen molar-refractivity contribution in [2.24, 2.45) is 5.73 Å². The molecule has 0 heterocycles. The first-order chi connectivity index (χ1) is 6.97. The van der Waals surface area contributed by atoms with Gasteiger partial charge in [-0.2, -0.15) is 8.42 Å². The van der Waals surface area contributed by atoms with Crippen LogP contribution in [0, 0.1) is 0 Å². The van der Waals surface area contributed by atoms with Crippen molar-refractivity contribution in [3.63, 3.8) is 0 Å². The van der Waals surface area contributed by atoms with E-state index < -0.39 is 10.1 Å². The SMILES string of the molecule is CS(=O)(=O)OC[C@H](N)Cc1ccccc1. The summed E-state index contributed by atoms with van der Waals surface area (Å²) >= 11 is 0. The summed E-state index contributed by atoms with van der Waals surface area (Å²) in [7, 11) is -3.39. The number of nitrogens with two attached hydrogens (primary N) is 1. The highest BCUT2D eigenvalue weighted by atomic mass is 32.2. The van der Waals surface area contributed by atoms with E-state index in [9.17, 15) is 8.42 Å². The van der Waals surface area contributed by atoms with Crippen molar-refractivity contribution in [3.8, 4) is 0 Å². The van der Waals surface area contributed by atoms with Crippen LogP contribution < -0.4 is 5.73 Å². The molecule has 0 radical (unpaired) electrons. The van der Waals surface area contributed by atoms with Gasteiger partial charge in [0.1, 0.15) is 0 Å². The van der Waals surface area contributed by atoms with Crippen LogP contribution in [0.15, 0.2) is 30.3 Å². The van der Waals surface area contributed by atoms with E-state index in [4.69, 9.17) is 5.73 Å². The van der Waals surface area contributed by atoms with Gasteiger partial charge in [0.15, 0.2) is 0 Å². The van der Waals surface area contributed by atoms with Gasteiger partial charge in [-0.05, 0) is 12.0 Å². The second-order valence-corrected chi connectivity index (χ2v) is 5.08. The molecule has 0 saturated carbocycles. The molecule has 0 fully saturated rings. The lowest BCUT2D eigenvalue weighted by atomic mass is 10.1. The maximum atomic E-state index is 10.7. The molecule has 0 saturated heterocycles. The lowest BCUT2D eigenvalue weighted by molar-refractivity contribution is 0.293. The summed E-state index contributed by atoms with van der Waals surface area (Å²) in [4.78, 5) is 0. The van der Waals surface area contributed by atoms with E-state index in [1.807, 2.05) is 30.3 Å². The third-order valence-corrected chi connectivity index (χ3v) is 2.40. The van der Waals surface area contributed by atoms with Crippen LogP contribution in [0.5, 0.6) is 0 Å². The lowest BCUT2D eigenvalue weighted by Crippen LogP contribution is -2.29. The average molecular weight is 229 g/mol. The van der Waals surface area contributed by atoms with Gasteiger partial charge in [-0.3, -0.25) is 4.18 Å². The minimum absolute atomic E-state index is 0.0216. The molecule has 1 aromatic carbocycles. The van der Waals surface area contributed by atoms with Gasteiger partial charge in [0, 0.05) is 6.04 Å². The minimum atomic E-state index is -3.39. The minimum Gasteiger partial charge on any atom is -0.325 e. The largest absolute Gasteiger partial charge is 0.325 e. The molecule has 0 amide bonds. The van der Waals surface area contributed by atoms with Crippen molar-refractivity contribution in [2.75, 3.05) is 12.9 Å². The molecule has 1 aromatic rings. The molecule has 4 nitrogen and oxygen atoms in total. The summed E-state index contributed by atoms with van der Waals surface area (Å²) < 4.78 is 26.0. The Morgan fingerprint density at radius 3 is 2.47 bits per heavy atom. The summed E-state index contributed by atoms with van der Waals surface area (Å²) in [6.07, 6.45) is 1.62. The van der Waals surface area contributed by atoms with Crippen molar-refractivity contribution in [2.45, 2.75) is 12.5 Å². The third-order valence-electron chi connectivity index (χ3n) is 1.84. The summed E-state index contributed by atoms with van der Waals surface area (Å²) in [5, 5.41) is 0. The maximum Gasteiger partial charge on any atom is 0.264 e. The Balaban J connectivity index is 2.40. The molecule has 0 aliphatic carbocycles. The Morgan fingerprint density at radius 1 is 1.33 bits per heavy atom. The quantitative estimate of drug-likeness (QED) is 0.748. The van der Waals surface area contributed by atoms with Crippen molar-refractivity contribution >= 4 is 10.1 Å². The standard InChI is InChI=1S/C10H15NO3S/c1-15(12,13)14-8-10(11)7-9-5-3-2-4-6-9/h2-6,10H,7-8,11H2,1H3/t10-/m1/s1.